The van der Waals surface area contributed by atoms with E-state index in [1.165, 1.54) is 0 Å². The molecule has 8 bridgehead atoms. The van der Waals surface area contributed by atoms with Gasteiger partial charge in [0.2, 0.25) is 0 Å². The fraction of sp³-hybridized carbons (Fsp3) is 0.391. The minimum atomic E-state index is -0.567. The number of esters is 2. The molecule has 1 aliphatic rings. The first kappa shape index (κ1) is 41.5. The summed E-state index contributed by atoms with van der Waals surface area (Å²) in [5.74, 6) is -0.464. The highest BCUT2D eigenvalue weighted by Gasteiger charge is 2.27. The van der Waals surface area contributed by atoms with Crippen LogP contribution in [0.25, 0.3) is 0 Å². The molecule has 4 aromatic rings. The van der Waals surface area contributed by atoms with Gasteiger partial charge in [-0.2, -0.15) is 0 Å². The summed E-state index contributed by atoms with van der Waals surface area (Å²) in [7, 11) is 0. The Morgan fingerprint density at radius 1 is 0.536 bits per heavy atom. The number of phenolic OH excluding ortho intramolecular Hbond substituents is 2. The summed E-state index contributed by atoms with van der Waals surface area (Å²) >= 11 is 0. The van der Waals surface area contributed by atoms with Crippen LogP contribution in [0.15, 0.2) is 48.5 Å². The Morgan fingerprint density at radius 3 is 1.05 bits per heavy atom. The Hall–Kier alpha value is -5.64. The summed E-state index contributed by atoms with van der Waals surface area (Å²) < 4.78 is 22.8. The van der Waals surface area contributed by atoms with Crippen LogP contribution in [0, 0.1) is 0 Å². The van der Waals surface area contributed by atoms with E-state index in [0.717, 1.165) is 23.7 Å². The van der Waals surface area contributed by atoms with Crippen molar-refractivity contribution in [1.29, 1.82) is 0 Å². The highest BCUT2D eigenvalue weighted by Crippen LogP contribution is 2.42. The molecule has 10 nitrogen and oxygen atoms in total. The fourth-order valence-electron chi connectivity index (χ4n) is 7.01. The highest BCUT2D eigenvalue weighted by atomic mass is 16.6. The third-order valence-electron chi connectivity index (χ3n) is 9.87. The molecule has 10 heteroatoms. The lowest BCUT2D eigenvalue weighted by Crippen LogP contribution is -2.18. The van der Waals surface area contributed by atoms with E-state index in [9.17, 15) is 29.4 Å². The molecule has 4 aromatic carbocycles. The Bertz CT molecular complexity index is 1900. The maximum absolute atomic E-state index is 12.6. The lowest BCUT2D eigenvalue weighted by atomic mass is 9.81. The number of carbonyl (C=O) groups is 4. The maximum atomic E-state index is 12.6. The third kappa shape index (κ3) is 9.59. The molecule has 0 saturated carbocycles. The number of fused-ring (bicyclic) bond motifs is 8. The van der Waals surface area contributed by atoms with Gasteiger partial charge in [0.25, 0.3) is 0 Å². The molecule has 0 unspecified atom stereocenters. The quantitative estimate of drug-likeness (QED) is 0.106. The van der Waals surface area contributed by atoms with E-state index >= 15 is 0 Å². The van der Waals surface area contributed by atoms with Gasteiger partial charge in [0.1, 0.15) is 35.6 Å². The lowest BCUT2D eigenvalue weighted by Gasteiger charge is -2.25. The van der Waals surface area contributed by atoms with Crippen LogP contribution in [0.4, 0.5) is 0 Å². The molecule has 2 N–H and O–H groups in total. The molecule has 0 saturated heterocycles. The Balaban J connectivity index is 1.87. The number of phenols is 2. The average Bonchev–Trinajstić information content (AvgIpc) is 3.12. The van der Waals surface area contributed by atoms with Gasteiger partial charge in [0, 0.05) is 36.8 Å². The van der Waals surface area contributed by atoms with Crippen LogP contribution in [-0.2, 0) is 55.6 Å². The first-order valence-corrected chi connectivity index (χ1v) is 18.9. The van der Waals surface area contributed by atoms with E-state index in [-0.39, 0.29) is 61.2 Å². The Morgan fingerprint density at radius 2 is 0.821 bits per heavy atom. The normalized spacial score (nSPS) is 12.7. The SMILES string of the molecule is CCOC(=O)COc1c2cc(C=O)cc1Cc1cc(C(C)(C)C)cc(c1O)Cc1cc(C=O)cc(c1OCC(=O)OCC)Cc1cc(C(C)(C)C)cc(c1O)C2. The molecule has 0 radical (unpaired) electrons. The van der Waals surface area contributed by atoms with Crippen LogP contribution in [0.5, 0.6) is 23.0 Å². The van der Waals surface area contributed by atoms with Gasteiger partial charge in [-0.25, -0.2) is 9.59 Å². The van der Waals surface area contributed by atoms with Gasteiger partial charge < -0.3 is 29.2 Å². The van der Waals surface area contributed by atoms with Crippen LogP contribution in [0.3, 0.4) is 0 Å². The maximum Gasteiger partial charge on any atom is 0.344 e. The van der Waals surface area contributed by atoms with Gasteiger partial charge in [0.05, 0.1) is 13.2 Å². The van der Waals surface area contributed by atoms with Crippen molar-refractivity contribution >= 4 is 24.5 Å². The molecule has 0 spiro atoms. The highest BCUT2D eigenvalue weighted by molar-refractivity contribution is 5.79. The van der Waals surface area contributed by atoms with Crippen molar-refractivity contribution in [2.75, 3.05) is 26.4 Å². The van der Waals surface area contributed by atoms with Crippen molar-refractivity contribution in [2.24, 2.45) is 0 Å². The molecule has 0 heterocycles. The van der Waals surface area contributed by atoms with Crippen LogP contribution in [-0.4, -0.2) is 61.2 Å². The van der Waals surface area contributed by atoms with Crippen LogP contribution < -0.4 is 9.47 Å². The second-order valence-corrected chi connectivity index (χ2v) is 16.3. The molecule has 56 heavy (non-hydrogen) atoms. The summed E-state index contributed by atoms with van der Waals surface area (Å²) in [6, 6.07) is 14.4. The molecule has 0 aromatic heterocycles. The van der Waals surface area contributed by atoms with Crippen molar-refractivity contribution < 1.29 is 48.3 Å². The minimum absolute atomic E-state index is 0.00780. The molecule has 0 atom stereocenters. The van der Waals surface area contributed by atoms with E-state index in [0.29, 0.717) is 67.1 Å². The predicted molar refractivity (Wildman–Crippen MR) is 213 cm³/mol. The molecule has 1 aliphatic carbocycles. The minimum Gasteiger partial charge on any atom is -0.507 e. The van der Waals surface area contributed by atoms with Gasteiger partial charge >= 0.3 is 11.9 Å². The summed E-state index contributed by atoms with van der Waals surface area (Å²) in [5.41, 5.74) is 6.16. The number of rotatable bonds is 10. The first-order chi connectivity index (χ1) is 26.4. The van der Waals surface area contributed by atoms with Crippen LogP contribution in [0.1, 0.15) is 132 Å². The van der Waals surface area contributed by atoms with E-state index < -0.39 is 25.2 Å². The van der Waals surface area contributed by atoms with E-state index in [1.54, 1.807) is 38.1 Å². The zero-order chi connectivity index (χ0) is 40.9. The van der Waals surface area contributed by atoms with Gasteiger partial charge in [-0.05, 0) is 105 Å². The van der Waals surface area contributed by atoms with Crippen LogP contribution >= 0.6 is 0 Å². The molecule has 296 valence electrons. The Labute approximate surface area is 328 Å². The second kappa shape index (κ2) is 17.0. The second-order valence-electron chi connectivity index (χ2n) is 16.3. The smallest absolute Gasteiger partial charge is 0.344 e. The summed E-state index contributed by atoms with van der Waals surface area (Å²) in [5, 5.41) is 24.1. The predicted octanol–water partition coefficient (Wildman–Crippen LogP) is 7.88. The largest absolute Gasteiger partial charge is 0.507 e. The number of hydrogen-bond donors (Lipinski definition) is 2. The van der Waals surface area contributed by atoms with Crippen molar-refractivity contribution in [1.82, 2.24) is 0 Å². The first-order valence-electron chi connectivity index (χ1n) is 18.9. The lowest BCUT2D eigenvalue weighted by molar-refractivity contribution is -0.146. The summed E-state index contributed by atoms with van der Waals surface area (Å²) in [4.78, 5) is 50.2. The van der Waals surface area contributed by atoms with E-state index in [4.69, 9.17) is 18.9 Å². The molecule has 0 fully saturated rings. The standard InChI is InChI=1S/C46H52O10/c1-9-53-39(49)25-55-43-33-11-27(23-47)12-34(43)16-30-20-38(46(6,7)8)22-32(42(30)52)18-36-14-28(24-48)13-35(44(36)56-26-40(50)54-10-2)17-31-21-37(45(3,4)5)19-29(15-33)41(31)51/h11-14,19-24,51-52H,9-10,15-18,25-26H2,1-8H3. The molecular formula is C46H52O10. The summed E-state index contributed by atoms with van der Waals surface area (Å²) in [6.07, 6.45) is 1.93. The average molecular weight is 765 g/mol. The van der Waals surface area contributed by atoms with Crippen molar-refractivity contribution in [2.45, 2.75) is 91.9 Å². The molecule has 0 aliphatic heterocycles. The summed E-state index contributed by atoms with van der Waals surface area (Å²) in [6.45, 7) is 15.3. The van der Waals surface area contributed by atoms with E-state index in [1.807, 2.05) is 24.3 Å². The van der Waals surface area contributed by atoms with Crippen molar-refractivity contribution in [3.63, 3.8) is 0 Å². The zero-order valence-corrected chi connectivity index (χ0v) is 33.6. The third-order valence-corrected chi connectivity index (χ3v) is 9.87. The van der Waals surface area contributed by atoms with Crippen molar-refractivity contribution in [3.05, 3.63) is 115 Å². The van der Waals surface area contributed by atoms with Gasteiger partial charge in [-0.15, -0.1) is 0 Å². The monoisotopic (exact) mass is 764 g/mol. The van der Waals surface area contributed by atoms with Crippen molar-refractivity contribution in [3.8, 4) is 23.0 Å². The number of carbonyl (C=O) groups excluding carboxylic acids is 4. The number of hydrogen-bond acceptors (Lipinski definition) is 10. The topological polar surface area (TPSA) is 146 Å². The van der Waals surface area contributed by atoms with Gasteiger partial charge in [0.15, 0.2) is 13.2 Å². The van der Waals surface area contributed by atoms with Gasteiger partial charge in [-0.3, -0.25) is 9.59 Å². The number of benzene rings is 4. The van der Waals surface area contributed by atoms with Gasteiger partial charge in [-0.1, -0.05) is 65.8 Å². The molecule has 5 rings (SSSR count). The van der Waals surface area contributed by atoms with Crippen LogP contribution in [0.2, 0.25) is 0 Å². The fourth-order valence-corrected chi connectivity index (χ4v) is 7.01. The Kier molecular flexibility index (Phi) is 12.6. The molecular weight excluding hydrogens is 712 g/mol. The van der Waals surface area contributed by atoms with E-state index in [2.05, 4.69) is 41.5 Å². The molecule has 0 amide bonds. The number of aldehydes is 2. The number of aromatic hydroxyl groups is 2. The zero-order valence-electron chi connectivity index (χ0n) is 33.6. The number of ether oxygens (including phenoxy) is 4.